The lowest BCUT2D eigenvalue weighted by molar-refractivity contribution is 0.0999. The monoisotopic (exact) mass is 266 g/mol. The number of hydrogen-bond acceptors (Lipinski definition) is 2. The highest BCUT2D eigenvalue weighted by Crippen LogP contribution is 2.24. The third-order valence-electron chi connectivity index (χ3n) is 3.83. The van der Waals surface area contributed by atoms with Gasteiger partial charge in [-0.25, -0.2) is 0 Å². The lowest BCUT2D eigenvalue weighted by Crippen LogP contribution is -2.13. The smallest absolute Gasteiger partial charge is 0.248 e. The van der Waals surface area contributed by atoms with Crippen molar-refractivity contribution >= 4 is 5.91 Å². The first-order chi connectivity index (χ1) is 9.63. The maximum atomic E-state index is 11.5. The van der Waals surface area contributed by atoms with Gasteiger partial charge in [0.15, 0.2) is 0 Å². The molecule has 0 atom stereocenters. The summed E-state index contributed by atoms with van der Waals surface area (Å²) in [6.45, 7) is 2.02. The van der Waals surface area contributed by atoms with Crippen molar-refractivity contribution in [1.29, 1.82) is 0 Å². The molecule has 0 saturated heterocycles. The fourth-order valence-corrected chi connectivity index (χ4v) is 2.86. The van der Waals surface area contributed by atoms with E-state index in [0.717, 1.165) is 25.1 Å². The van der Waals surface area contributed by atoms with Gasteiger partial charge in [-0.15, -0.1) is 0 Å². The summed E-state index contributed by atoms with van der Waals surface area (Å²) in [6, 6.07) is 14.1. The van der Waals surface area contributed by atoms with Crippen LogP contribution in [0.3, 0.4) is 0 Å². The van der Waals surface area contributed by atoms with E-state index in [0.29, 0.717) is 5.56 Å². The molecule has 3 rings (SSSR count). The average molecular weight is 266 g/mol. The molecule has 0 spiro atoms. The van der Waals surface area contributed by atoms with Crippen molar-refractivity contribution in [3.63, 3.8) is 0 Å². The standard InChI is InChI=1S/C17H18N2O/c1-19-10-14-7-6-12(9-15(14)11-19)8-13-4-2-3-5-16(13)17(18)20/h2-7,9H,8,10-11H2,1H3,(H2,18,20). The Bertz CT molecular complexity index is 664. The van der Waals surface area contributed by atoms with Crippen LogP contribution in [0.1, 0.15) is 32.6 Å². The Morgan fingerprint density at radius 1 is 1.15 bits per heavy atom. The van der Waals surface area contributed by atoms with Crippen LogP contribution in [-0.4, -0.2) is 17.9 Å². The van der Waals surface area contributed by atoms with E-state index in [1.54, 1.807) is 6.07 Å². The number of carbonyl (C=O) groups is 1. The Kier molecular flexibility index (Phi) is 3.28. The first kappa shape index (κ1) is 12.9. The topological polar surface area (TPSA) is 46.3 Å². The molecule has 2 aromatic rings. The third-order valence-corrected chi connectivity index (χ3v) is 3.83. The van der Waals surface area contributed by atoms with Crippen LogP contribution in [0, 0.1) is 0 Å². The molecule has 0 radical (unpaired) electrons. The lowest BCUT2D eigenvalue weighted by Gasteiger charge is -2.08. The van der Waals surface area contributed by atoms with Gasteiger partial charge in [-0.1, -0.05) is 36.4 Å². The van der Waals surface area contributed by atoms with Gasteiger partial charge in [-0.3, -0.25) is 9.69 Å². The van der Waals surface area contributed by atoms with Crippen molar-refractivity contribution in [2.45, 2.75) is 19.5 Å². The Morgan fingerprint density at radius 3 is 2.70 bits per heavy atom. The number of fused-ring (bicyclic) bond motifs is 1. The molecule has 2 aromatic carbocycles. The van der Waals surface area contributed by atoms with Gasteiger partial charge in [0.2, 0.25) is 5.91 Å². The molecule has 1 aliphatic heterocycles. The van der Waals surface area contributed by atoms with Crippen LogP contribution < -0.4 is 5.73 Å². The van der Waals surface area contributed by atoms with Gasteiger partial charge in [0, 0.05) is 18.7 Å². The summed E-state index contributed by atoms with van der Waals surface area (Å²) in [5.41, 5.74) is 11.1. The second kappa shape index (κ2) is 5.10. The van der Waals surface area contributed by atoms with E-state index in [2.05, 4.69) is 30.1 Å². The molecule has 3 heteroatoms. The summed E-state index contributed by atoms with van der Waals surface area (Å²) < 4.78 is 0. The molecule has 3 nitrogen and oxygen atoms in total. The zero-order valence-electron chi connectivity index (χ0n) is 11.6. The van der Waals surface area contributed by atoms with Crippen LogP contribution in [-0.2, 0) is 19.5 Å². The Morgan fingerprint density at radius 2 is 1.90 bits per heavy atom. The number of carbonyl (C=O) groups excluding carboxylic acids is 1. The Labute approximate surface area is 119 Å². The molecule has 0 fully saturated rings. The van der Waals surface area contributed by atoms with Gasteiger partial charge in [-0.05, 0) is 41.8 Å². The normalized spacial score (nSPS) is 14.2. The molecule has 0 aromatic heterocycles. The average Bonchev–Trinajstić information content (AvgIpc) is 2.78. The molecule has 0 saturated carbocycles. The minimum atomic E-state index is -0.360. The van der Waals surface area contributed by atoms with Crippen molar-refractivity contribution in [2.24, 2.45) is 5.73 Å². The summed E-state index contributed by atoms with van der Waals surface area (Å²) in [6.07, 6.45) is 0.746. The van der Waals surface area contributed by atoms with Crippen molar-refractivity contribution in [2.75, 3.05) is 7.05 Å². The zero-order valence-corrected chi connectivity index (χ0v) is 11.6. The number of benzene rings is 2. The summed E-state index contributed by atoms with van der Waals surface area (Å²) in [4.78, 5) is 13.8. The van der Waals surface area contributed by atoms with Crippen LogP contribution in [0.4, 0.5) is 0 Å². The molecule has 20 heavy (non-hydrogen) atoms. The van der Waals surface area contributed by atoms with Crippen LogP contribution in [0.15, 0.2) is 42.5 Å². The van der Waals surface area contributed by atoms with Crippen LogP contribution in [0.25, 0.3) is 0 Å². The fraction of sp³-hybridized carbons (Fsp3) is 0.235. The second-order valence-corrected chi connectivity index (χ2v) is 5.47. The number of hydrogen-bond donors (Lipinski definition) is 1. The van der Waals surface area contributed by atoms with Crippen molar-refractivity contribution < 1.29 is 4.79 Å². The maximum absolute atomic E-state index is 11.5. The molecule has 1 heterocycles. The fourth-order valence-electron chi connectivity index (χ4n) is 2.86. The molecule has 0 aliphatic carbocycles. The van der Waals surface area contributed by atoms with Crippen LogP contribution >= 0.6 is 0 Å². The minimum absolute atomic E-state index is 0.360. The van der Waals surface area contributed by atoms with E-state index >= 15 is 0 Å². The van der Waals surface area contributed by atoms with E-state index in [1.807, 2.05) is 18.2 Å². The maximum Gasteiger partial charge on any atom is 0.248 e. The predicted octanol–water partition coefficient (Wildman–Crippen LogP) is 2.32. The lowest BCUT2D eigenvalue weighted by atomic mass is 9.97. The first-order valence-corrected chi connectivity index (χ1v) is 6.80. The number of primary amides is 1. The Balaban J connectivity index is 1.89. The van der Waals surface area contributed by atoms with Crippen LogP contribution in [0.5, 0.6) is 0 Å². The zero-order chi connectivity index (χ0) is 14.1. The molecule has 1 aliphatic rings. The number of nitrogens with two attached hydrogens (primary N) is 1. The molecule has 1 amide bonds. The minimum Gasteiger partial charge on any atom is -0.366 e. The van der Waals surface area contributed by atoms with Crippen molar-refractivity contribution in [1.82, 2.24) is 4.90 Å². The highest BCUT2D eigenvalue weighted by molar-refractivity contribution is 5.94. The molecule has 2 N–H and O–H groups in total. The highest BCUT2D eigenvalue weighted by atomic mass is 16.1. The summed E-state index contributed by atoms with van der Waals surface area (Å²) in [7, 11) is 2.13. The van der Waals surface area contributed by atoms with E-state index in [9.17, 15) is 4.79 Å². The number of amides is 1. The van der Waals surface area contributed by atoms with Gasteiger partial charge in [0.05, 0.1) is 0 Å². The van der Waals surface area contributed by atoms with Crippen molar-refractivity contribution in [3.8, 4) is 0 Å². The van der Waals surface area contributed by atoms with Gasteiger partial charge in [-0.2, -0.15) is 0 Å². The summed E-state index contributed by atoms with van der Waals surface area (Å²) in [5.74, 6) is -0.360. The SMILES string of the molecule is CN1Cc2ccc(Cc3ccccc3C(N)=O)cc2C1. The number of rotatable bonds is 3. The quantitative estimate of drug-likeness (QED) is 0.926. The van der Waals surface area contributed by atoms with E-state index in [4.69, 9.17) is 5.73 Å². The summed E-state index contributed by atoms with van der Waals surface area (Å²) >= 11 is 0. The molecule has 102 valence electrons. The summed E-state index contributed by atoms with van der Waals surface area (Å²) in [5, 5.41) is 0. The highest BCUT2D eigenvalue weighted by Gasteiger charge is 2.16. The van der Waals surface area contributed by atoms with Crippen LogP contribution in [0.2, 0.25) is 0 Å². The third kappa shape index (κ3) is 2.45. The molecule has 0 bridgehead atoms. The van der Waals surface area contributed by atoms with Crippen molar-refractivity contribution in [3.05, 3.63) is 70.3 Å². The van der Waals surface area contributed by atoms with Gasteiger partial charge < -0.3 is 5.73 Å². The largest absolute Gasteiger partial charge is 0.366 e. The Hall–Kier alpha value is -2.13. The second-order valence-electron chi connectivity index (χ2n) is 5.47. The van der Waals surface area contributed by atoms with Gasteiger partial charge in [0.1, 0.15) is 0 Å². The first-order valence-electron chi connectivity index (χ1n) is 6.80. The van der Waals surface area contributed by atoms with E-state index in [-0.39, 0.29) is 5.91 Å². The van der Waals surface area contributed by atoms with Gasteiger partial charge in [0.25, 0.3) is 0 Å². The molecular formula is C17H18N2O. The van der Waals surface area contributed by atoms with Gasteiger partial charge >= 0.3 is 0 Å². The van der Waals surface area contributed by atoms with E-state index < -0.39 is 0 Å². The molecular weight excluding hydrogens is 248 g/mol. The number of nitrogens with zero attached hydrogens (tertiary/aromatic N) is 1. The molecule has 0 unspecified atom stereocenters. The van der Waals surface area contributed by atoms with E-state index in [1.165, 1.54) is 16.7 Å². The predicted molar refractivity (Wildman–Crippen MR) is 79.4 cm³/mol.